The number of fused-ring (bicyclic) bond motifs is 1. The quantitative estimate of drug-likeness (QED) is 0.620. The van der Waals surface area contributed by atoms with Crippen molar-refractivity contribution in [3.8, 4) is 5.75 Å². The molecule has 8 nitrogen and oxygen atoms in total. The Labute approximate surface area is 194 Å². The van der Waals surface area contributed by atoms with E-state index >= 15 is 0 Å². The number of para-hydroxylation sites is 1. The van der Waals surface area contributed by atoms with Crippen LogP contribution in [0.2, 0.25) is 0 Å². The molecule has 1 unspecified atom stereocenters. The minimum Gasteiger partial charge on any atom is -0.496 e. The van der Waals surface area contributed by atoms with Gasteiger partial charge in [0.25, 0.3) is 0 Å². The number of benzene rings is 2. The summed E-state index contributed by atoms with van der Waals surface area (Å²) in [4.78, 5) is 29.6. The normalized spacial score (nSPS) is 16.7. The zero-order chi connectivity index (χ0) is 23.2. The summed E-state index contributed by atoms with van der Waals surface area (Å²) < 4.78 is 10.8. The maximum absolute atomic E-state index is 12.6. The number of carbonyl (C=O) groups is 2. The molecular formula is C25H32N4O4. The number of nitrogens with zero attached hydrogens (tertiary/aromatic N) is 2. The summed E-state index contributed by atoms with van der Waals surface area (Å²) in [5.74, 6) is -0.617. The van der Waals surface area contributed by atoms with Crippen LogP contribution in [0.25, 0.3) is 0 Å². The minimum atomic E-state index is -0.655. The summed E-state index contributed by atoms with van der Waals surface area (Å²) in [6.07, 6.45) is 1.02. The van der Waals surface area contributed by atoms with Gasteiger partial charge in [0.05, 0.1) is 26.4 Å². The van der Waals surface area contributed by atoms with Gasteiger partial charge in [0, 0.05) is 51.0 Å². The Morgan fingerprint density at radius 2 is 1.82 bits per heavy atom. The number of rotatable bonds is 7. The van der Waals surface area contributed by atoms with E-state index in [0.717, 1.165) is 37.2 Å². The number of likely N-dealkylation sites (N-methyl/N-ethyl adjacent to an activating group) is 1. The van der Waals surface area contributed by atoms with Crippen molar-refractivity contribution in [2.75, 3.05) is 58.5 Å². The molecule has 176 valence electrons. The second-order valence-corrected chi connectivity index (χ2v) is 8.43. The van der Waals surface area contributed by atoms with Crippen molar-refractivity contribution in [1.82, 2.24) is 15.5 Å². The molecule has 0 aliphatic carbocycles. The van der Waals surface area contributed by atoms with Gasteiger partial charge in [-0.3, -0.25) is 14.5 Å². The van der Waals surface area contributed by atoms with Crippen LogP contribution in [0.3, 0.4) is 0 Å². The summed E-state index contributed by atoms with van der Waals surface area (Å²) in [6, 6.07) is 13.9. The van der Waals surface area contributed by atoms with E-state index in [1.165, 1.54) is 11.3 Å². The van der Waals surface area contributed by atoms with Crippen molar-refractivity contribution in [2.45, 2.75) is 19.0 Å². The van der Waals surface area contributed by atoms with Crippen LogP contribution in [-0.4, -0.2) is 70.3 Å². The molecule has 2 aliphatic rings. The fraction of sp³-hybridized carbons (Fsp3) is 0.440. The fourth-order valence-electron chi connectivity index (χ4n) is 4.52. The van der Waals surface area contributed by atoms with Gasteiger partial charge in [0.15, 0.2) is 0 Å². The van der Waals surface area contributed by atoms with Crippen molar-refractivity contribution in [3.05, 3.63) is 59.2 Å². The highest BCUT2D eigenvalue weighted by Crippen LogP contribution is 2.31. The van der Waals surface area contributed by atoms with Crippen molar-refractivity contribution in [1.29, 1.82) is 0 Å². The maximum atomic E-state index is 12.6. The number of hydrogen-bond acceptors (Lipinski definition) is 6. The van der Waals surface area contributed by atoms with E-state index in [1.807, 2.05) is 24.3 Å². The summed E-state index contributed by atoms with van der Waals surface area (Å²) in [7, 11) is 3.69. The first-order valence-corrected chi connectivity index (χ1v) is 11.4. The Balaban J connectivity index is 1.40. The van der Waals surface area contributed by atoms with Crippen LogP contribution in [0.15, 0.2) is 42.5 Å². The van der Waals surface area contributed by atoms with E-state index < -0.39 is 11.8 Å². The molecule has 8 heteroatoms. The summed E-state index contributed by atoms with van der Waals surface area (Å²) >= 11 is 0. The lowest BCUT2D eigenvalue weighted by molar-refractivity contribution is -0.139. The lowest BCUT2D eigenvalue weighted by Crippen LogP contribution is -2.46. The highest BCUT2D eigenvalue weighted by Gasteiger charge is 2.26. The Morgan fingerprint density at radius 3 is 2.61 bits per heavy atom. The Kier molecular flexibility index (Phi) is 7.47. The number of nitrogens with one attached hydrogen (secondary N) is 2. The number of amides is 2. The van der Waals surface area contributed by atoms with Gasteiger partial charge in [-0.1, -0.05) is 30.3 Å². The predicted molar refractivity (Wildman–Crippen MR) is 126 cm³/mol. The molecule has 2 N–H and O–H groups in total. The van der Waals surface area contributed by atoms with Crippen LogP contribution in [0.1, 0.15) is 22.7 Å². The third-order valence-corrected chi connectivity index (χ3v) is 6.40. The zero-order valence-electron chi connectivity index (χ0n) is 19.3. The van der Waals surface area contributed by atoms with Crippen molar-refractivity contribution in [3.63, 3.8) is 0 Å². The lowest BCUT2D eigenvalue weighted by atomic mass is 10.0. The first-order valence-electron chi connectivity index (χ1n) is 11.4. The van der Waals surface area contributed by atoms with Gasteiger partial charge in [-0.2, -0.15) is 0 Å². The van der Waals surface area contributed by atoms with Crippen LogP contribution < -0.4 is 20.3 Å². The van der Waals surface area contributed by atoms with Gasteiger partial charge in [0.1, 0.15) is 5.75 Å². The average molecular weight is 453 g/mol. The van der Waals surface area contributed by atoms with Gasteiger partial charge in [-0.25, -0.2) is 0 Å². The zero-order valence-corrected chi connectivity index (χ0v) is 19.3. The largest absolute Gasteiger partial charge is 0.496 e. The molecule has 4 rings (SSSR count). The summed E-state index contributed by atoms with van der Waals surface area (Å²) in [5.41, 5.74) is 4.56. The highest BCUT2D eigenvalue weighted by atomic mass is 16.5. The van der Waals surface area contributed by atoms with Gasteiger partial charge in [-0.15, -0.1) is 0 Å². The van der Waals surface area contributed by atoms with Crippen LogP contribution in [0, 0.1) is 0 Å². The van der Waals surface area contributed by atoms with E-state index in [1.54, 1.807) is 7.11 Å². The maximum Gasteiger partial charge on any atom is 0.309 e. The smallest absolute Gasteiger partial charge is 0.309 e. The molecule has 0 aromatic heterocycles. The predicted octanol–water partition coefficient (Wildman–Crippen LogP) is 1.49. The molecule has 0 saturated carbocycles. The SMILES string of the molecule is COc1ccccc1CNC(=O)C(=O)NCC(c1ccc2c(c1)CCN2C)N1CCOCC1. The summed E-state index contributed by atoms with van der Waals surface area (Å²) in [5, 5.41) is 5.53. The van der Waals surface area contributed by atoms with Gasteiger partial charge in [0.2, 0.25) is 0 Å². The van der Waals surface area contributed by atoms with Crippen LogP contribution in [-0.2, 0) is 27.3 Å². The topological polar surface area (TPSA) is 83.1 Å². The Bertz CT molecular complexity index is 990. The average Bonchev–Trinajstić information content (AvgIpc) is 3.23. The molecule has 33 heavy (non-hydrogen) atoms. The van der Waals surface area contributed by atoms with Crippen LogP contribution in [0.4, 0.5) is 5.69 Å². The monoisotopic (exact) mass is 452 g/mol. The number of anilines is 1. The minimum absolute atomic E-state index is 0.0175. The third-order valence-electron chi connectivity index (χ3n) is 6.40. The van der Waals surface area contributed by atoms with E-state index in [4.69, 9.17) is 9.47 Å². The number of carbonyl (C=O) groups excluding carboxylic acids is 2. The molecule has 2 amide bonds. The Morgan fingerprint density at radius 1 is 1.06 bits per heavy atom. The van der Waals surface area contributed by atoms with Crippen molar-refractivity contribution in [2.24, 2.45) is 0 Å². The lowest BCUT2D eigenvalue weighted by Gasteiger charge is -2.35. The molecule has 2 aromatic rings. The molecule has 1 atom stereocenters. The van der Waals surface area contributed by atoms with Crippen molar-refractivity contribution >= 4 is 17.5 Å². The fourth-order valence-corrected chi connectivity index (χ4v) is 4.52. The molecule has 1 saturated heterocycles. The number of hydrogen-bond donors (Lipinski definition) is 2. The van der Waals surface area contributed by atoms with Crippen molar-refractivity contribution < 1.29 is 19.1 Å². The van der Waals surface area contributed by atoms with E-state index in [-0.39, 0.29) is 12.6 Å². The molecule has 1 fully saturated rings. The van der Waals surface area contributed by atoms with Gasteiger partial charge in [-0.05, 0) is 29.7 Å². The molecule has 2 heterocycles. The summed E-state index contributed by atoms with van der Waals surface area (Å²) in [6.45, 7) is 4.51. The Hall–Kier alpha value is -3.10. The molecular weight excluding hydrogens is 420 g/mol. The number of methoxy groups -OCH3 is 1. The number of ether oxygens (including phenoxy) is 2. The first kappa shape index (κ1) is 23.1. The van der Waals surface area contributed by atoms with Gasteiger partial charge < -0.3 is 25.0 Å². The molecule has 2 aromatic carbocycles. The molecule has 2 aliphatic heterocycles. The second kappa shape index (κ2) is 10.7. The van der Waals surface area contributed by atoms with E-state index in [9.17, 15) is 9.59 Å². The van der Waals surface area contributed by atoms with Gasteiger partial charge >= 0.3 is 11.8 Å². The highest BCUT2D eigenvalue weighted by molar-refractivity contribution is 6.35. The standard InChI is InChI=1S/C25H32N4O4/c1-28-10-9-19-15-18(7-8-21(19)28)22(29-11-13-33-14-12-29)17-27-25(31)24(30)26-16-20-5-3-4-6-23(20)32-2/h3-8,15,22H,9-14,16-17H2,1-2H3,(H,26,30)(H,27,31). The molecule has 0 spiro atoms. The first-order chi connectivity index (χ1) is 16.1. The molecule has 0 bridgehead atoms. The van der Waals surface area contributed by atoms with Crippen LogP contribution in [0.5, 0.6) is 5.75 Å². The van der Waals surface area contributed by atoms with E-state index in [2.05, 4.69) is 45.7 Å². The van der Waals surface area contributed by atoms with E-state index in [0.29, 0.717) is 25.5 Å². The number of morpholine rings is 1. The second-order valence-electron chi connectivity index (χ2n) is 8.43. The third kappa shape index (κ3) is 5.46. The molecule has 0 radical (unpaired) electrons. The van der Waals surface area contributed by atoms with Crippen LogP contribution >= 0.6 is 0 Å².